The first-order chi connectivity index (χ1) is 12.4. The van der Waals surface area contributed by atoms with Gasteiger partial charge in [-0.3, -0.25) is 5.32 Å². The topological polar surface area (TPSA) is 111 Å². The second-order valence-corrected chi connectivity index (χ2v) is 8.21. The minimum atomic E-state index is -0.582. The zero-order valence-corrected chi connectivity index (χ0v) is 16.6. The second kappa shape index (κ2) is 7.89. The molecule has 0 saturated heterocycles. The highest BCUT2D eigenvalue weighted by molar-refractivity contribution is 5.85. The molecule has 0 aromatic carbocycles. The van der Waals surface area contributed by atoms with Crippen molar-refractivity contribution < 1.29 is 23.8 Å². The van der Waals surface area contributed by atoms with Crippen LogP contribution in [0.5, 0.6) is 5.88 Å². The lowest BCUT2D eigenvalue weighted by atomic mass is 10.2. The fourth-order valence-corrected chi connectivity index (χ4v) is 2.21. The summed E-state index contributed by atoms with van der Waals surface area (Å²) < 4.78 is 16.2. The minimum absolute atomic E-state index is 0.279. The molecule has 0 bridgehead atoms. The van der Waals surface area contributed by atoms with Crippen LogP contribution in [0.4, 0.5) is 21.0 Å². The quantitative estimate of drug-likeness (QED) is 0.739. The average molecular weight is 380 g/mol. The van der Waals surface area contributed by atoms with Gasteiger partial charge in [-0.15, -0.1) is 0 Å². The van der Waals surface area contributed by atoms with E-state index in [0.29, 0.717) is 23.8 Å². The first kappa shape index (κ1) is 20.6. The molecule has 3 N–H and O–H groups in total. The van der Waals surface area contributed by atoms with Crippen LogP contribution >= 0.6 is 0 Å². The predicted octanol–water partition coefficient (Wildman–Crippen LogP) is 3.13. The summed E-state index contributed by atoms with van der Waals surface area (Å²) in [7, 11) is 0. The maximum atomic E-state index is 11.8. The summed E-state index contributed by atoms with van der Waals surface area (Å²) in [4.78, 5) is 27.8. The number of amides is 2. The van der Waals surface area contributed by atoms with Gasteiger partial charge in [0.05, 0.1) is 30.7 Å². The Morgan fingerprint density at radius 3 is 2.44 bits per heavy atom. The monoisotopic (exact) mass is 380 g/mol. The summed E-state index contributed by atoms with van der Waals surface area (Å²) in [5, 5.41) is 8.48. The van der Waals surface area contributed by atoms with E-state index in [-0.39, 0.29) is 12.6 Å². The molecule has 0 unspecified atom stereocenters. The van der Waals surface area contributed by atoms with Gasteiger partial charge in [0.25, 0.3) is 0 Å². The standard InChI is InChI=1S/C18H28N4O5/c1-17(2,3)26-15(23)21-10-12-9-19-13-7-11(8-20-14(13)25-12)22-16(24)27-18(4,5)6/h7-8,12,19H,9-10H2,1-6H3,(H,21,23)(H,22,24)/t12-/m1/s1. The normalized spacial score (nSPS) is 16.3. The van der Waals surface area contributed by atoms with Gasteiger partial charge in [-0.1, -0.05) is 0 Å². The van der Waals surface area contributed by atoms with Crippen molar-refractivity contribution in [3.05, 3.63) is 12.3 Å². The van der Waals surface area contributed by atoms with Gasteiger partial charge in [0.15, 0.2) is 0 Å². The van der Waals surface area contributed by atoms with Crippen molar-refractivity contribution in [3.8, 4) is 5.88 Å². The highest BCUT2D eigenvalue weighted by Crippen LogP contribution is 2.29. The van der Waals surface area contributed by atoms with Crippen LogP contribution in [0.3, 0.4) is 0 Å². The Hall–Kier alpha value is -2.71. The molecule has 0 fully saturated rings. The van der Waals surface area contributed by atoms with Gasteiger partial charge in [0.2, 0.25) is 5.88 Å². The molecule has 27 heavy (non-hydrogen) atoms. The summed E-state index contributed by atoms with van der Waals surface area (Å²) in [6.07, 6.45) is 0.137. The number of hydrogen-bond acceptors (Lipinski definition) is 7. The SMILES string of the molecule is CC(C)(C)OC(=O)NC[C@H]1CNc2cc(NC(=O)OC(C)(C)C)cnc2O1. The number of fused-ring (bicyclic) bond motifs is 1. The molecule has 0 aliphatic carbocycles. The largest absolute Gasteiger partial charge is 0.469 e. The van der Waals surface area contributed by atoms with Gasteiger partial charge in [-0.2, -0.15) is 0 Å². The van der Waals surface area contributed by atoms with Gasteiger partial charge in [0, 0.05) is 0 Å². The summed E-state index contributed by atoms with van der Waals surface area (Å²) >= 11 is 0. The molecule has 1 atom stereocenters. The molecule has 1 aliphatic heterocycles. The van der Waals surface area contributed by atoms with E-state index in [1.165, 1.54) is 6.20 Å². The number of hydrogen-bond donors (Lipinski definition) is 3. The molecular weight excluding hydrogens is 352 g/mol. The lowest BCUT2D eigenvalue weighted by molar-refractivity contribution is 0.0500. The van der Waals surface area contributed by atoms with E-state index < -0.39 is 23.4 Å². The maximum Gasteiger partial charge on any atom is 0.412 e. The van der Waals surface area contributed by atoms with Gasteiger partial charge < -0.3 is 24.8 Å². The van der Waals surface area contributed by atoms with Crippen LogP contribution in [0.2, 0.25) is 0 Å². The second-order valence-electron chi connectivity index (χ2n) is 8.21. The fraction of sp³-hybridized carbons (Fsp3) is 0.611. The van der Waals surface area contributed by atoms with Gasteiger partial charge in [-0.25, -0.2) is 14.6 Å². The summed E-state index contributed by atoms with van der Waals surface area (Å²) in [6.45, 7) is 11.5. The van der Waals surface area contributed by atoms with E-state index in [1.807, 2.05) is 0 Å². The third-order valence-corrected chi connectivity index (χ3v) is 3.17. The van der Waals surface area contributed by atoms with Gasteiger partial charge >= 0.3 is 12.2 Å². The first-order valence-electron chi connectivity index (χ1n) is 8.79. The number of anilines is 2. The number of nitrogens with one attached hydrogen (secondary N) is 3. The molecular formula is C18H28N4O5. The molecule has 1 aliphatic rings. The van der Waals surface area contributed by atoms with Crippen LogP contribution in [0.15, 0.2) is 12.3 Å². The molecule has 2 rings (SSSR count). The van der Waals surface area contributed by atoms with E-state index in [4.69, 9.17) is 14.2 Å². The number of pyridine rings is 1. The van der Waals surface area contributed by atoms with Crippen LogP contribution in [0, 0.1) is 0 Å². The summed E-state index contributed by atoms with van der Waals surface area (Å²) in [5.74, 6) is 0.395. The molecule has 9 heteroatoms. The Morgan fingerprint density at radius 2 is 1.81 bits per heavy atom. The van der Waals surface area contributed by atoms with Crippen LogP contribution in [0.1, 0.15) is 41.5 Å². The average Bonchev–Trinajstić information content (AvgIpc) is 2.49. The fourth-order valence-electron chi connectivity index (χ4n) is 2.21. The molecule has 0 saturated carbocycles. The van der Waals surface area contributed by atoms with E-state index in [1.54, 1.807) is 47.6 Å². The van der Waals surface area contributed by atoms with Crippen molar-refractivity contribution in [1.29, 1.82) is 0 Å². The van der Waals surface area contributed by atoms with Crippen molar-refractivity contribution in [2.24, 2.45) is 0 Å². The van der Waals surface area contributed by atoms with Gasteiger partial charge in [0.1, 0.15) is 17.3 Å². The molecule has 9 nitrogen and oxygen atoms in total. The van der Waals surface area contributed by atoms with Crippen molar-refractivity contribution in [1.82, 2.24) is 10.3 Å². The van der Waals surface area contributed by atoms with Crippen LogP contribution < -0.4 is 20.7 Å². The Morgan fingerprint density at radius 1 is 1.19 bits per heavy atom. The number of carbonyl (C=O) groups excluding carboxylic acids is 2. The van der Waals surface area contributed by atoms with Crippen LogP contribution in [-0.2, 0) is 9.47 Å². The van der Waals surface area contributed by atoms with E-state index in [2.05, 4.69) is 20.9 Å². The number of aromatic nitrogens is 1. The van der Waals surface area contributed by atoms with Gasteiger partial charge in [-0.05, 0) is 47.6 Å². The van der Waals surface area contributed by atoms with E-state index in [9.17, 15) is 9.59 Å². The molecule has 1 aromatic heterocycles. The predicted molar refractivity (Wildman–Crippen MR) is 101 cm³/mol. The van der Waals surface area contributed by atoms with E-state index in [0.717, 1.165) is 0 Å². The Labute approximate surface area is 159 Å². The lowest BCUT2D eigenvalue weighted by Crippen LogP contribution is -2.43. The van der Waals surface area contributed by atoms with Crippen molar-refractivity contribution in [3.63, 3.8) is 0 Å². The molecule has 0 spiro atoms. The number of carbonyl (C=O) groups is 2. The first-order valence-corrected chi connectivity index (χ1v) is 8.79. The number of rotatable bonds is 3. The van der Waals surface area contributed by atoms with E-state index >= 15 is 0 Å². The zero-order chi connectivity index (χ0) is 20.2. The third-order valence-electron chi connectivity index (χ3n) is 3.17. The highest BCUT2D eigenvalue weighted by Gasteiger charge is 2.23. The smallest absolute Gasteiger partial charge is 0.412 e. The number of nitrogens with zero attached hydrogens (tertiary/aromatic N) is 1. The Balaban J connectivity index is 1.88. The molecule has 150 valence electrons. The Bertz CT molecular complexity index is 694. The lowest BCUT2D eigenvalue weighted by Gasteiger charge is -2.27. The molecule has 1 aromatic rings. The number of ether oxygens (including phenoxy) is 3. The Kier molecular flexibility index (Phi) is 6.02. The highest BCUT2D eigenvalue weighted by atomic mass is 16.6. The van der Waals surface area contributed by atoms with Crippen molar-refractivity contribution in [2.75, 3.05) is 23.7 Å². The zero-order valence-electron chi connectivity index (χ0n) is 16.6. The molecule has 2 amide bonds. The van der Waals surface area contributed by atoms with Crippen molar-refractivity contribution in [2.45, 2.75) is 58.8 Å². The number of alkyl carbamates (subject to hydrolysis) is 1. The van der Waals surface area contributed by atoms with Crippen molar-refractivity contribution >= 4 is 23.6 Å². The molecule has 2 heterocycles. The maximum absolute atomic E-state index is 11.8. The summed E-state index contributed by atoms with van der Waals surface area (Å²) in [5.41, 5.74) is 0.00426. The minimum Gasteiger partial charge on any atom is -0.469 e. The third kappa shape index (κ3) is 7.20. The molecule has 0 radical (unpaired) electrons. The van der Waals surface area contributed by atoms with Crippen LogP contribution in [0.25, 0.3) is 0 Å². The van der Waals surface area contributed by atoms with Crippen LogP contribution in [-0.4, -0.2) is 47.6 Å². The summed E-state index contributed by atoms with van der Waals surface area (Å²) in [6, 6.07) is 1.71.